The summed E-state index contributed by atoms with van der Waals surface area (Å²) in [4.78, 5) is 12.0. The molecule has 1 aliphatic rings. The minimum Gasteiger partial charge on any atom is -0.379 e. The van der Waals surface area contributed by atoms with Gasteiger partial charge in [0.25, 0.3) is 0 Å². The zero-order valence-electron chi connectivity index (χ0n) is 8.95. The standard InChI is InChI=1S/C11H12Br2N2O2/c12-7-2-1-3-8(13)10(7)15-11(16)6-4-17-5-9(6)14/h1-3,6,9H,4-5,14H2,(H,15,16). The molecule has 6 heteroatoms. The minimum atomic E-state index is -0.283. The van der Waals surface area contributed by atoms with E-state index in [0.29, 0.717) is 13.2 Å². The van der Waals surface area contributed by atoms with E-state index in [1.54, 1.807) is 0 Å². The number of rotatable bonds is 2. The van der Waals surface area contributed by atoms with Crippen LogP contribution in [0.15, 0.2) is 27.1 Å². The Kier molecular flexibility index (Phi) is 4.19. The van der Waals surface area contributed by atoms with E-state index in [2.05, 4.69) is 37.2 Å². The van der Waals surface area contributed by atoms with Crippen molar-refractivity contribution in [1.82, 2.24) is 0 Å². The fourth-order valence-corrected chi connectivity index (χ4v) is 2.87. The minimum absolute atomic E-state index is 0.109. The molecule has 0 saturated carbocycles. The van der Waals surface area contributed by atoms with E-state index in [1.807, 2.05) is 18.2 Å². The summed E-state index contributed by atoms with van der Waals surface area (Å²) in [5.74, 6) is -0.392. The van der Waals surface area contributed by atoms with Crippen molar-refractivity contribution in [2.45, 2.75) is 6.04 Å². The molecule has 0 radical (unpaired) electrons. The summed E-state index contributed by atoms with van der Waals surface area (Å²) >= 11 is 6.78. The van der Waals surface area contributed by atoms with E-state index in [0.717, 1.165) is 14.6 Å². The topological polar surface area (TPSA) is 64.3 Å². The Hall–Kier alpha value is -0.430. The predicted molar refractivity (Wildman–Crippen MR) is 72.8 cm³/mol. The number of nitrogens with two attached hydrogens (primary N) is 1. The molecular weight excluding hydrogens is 352 g/mol. The SMILES string of the molecule is NC1COCC1C(=O)Nc1c(Br)cccc1Br. The van der Waals surface area contributed by atoms with Crippen LogP contribution in [0.25, 0.3) is 0 Å². The van der Waals surface area contributed by atoms with Crippen LogP contribution in [0.4, 0.5) is 5.69 Å². The predicted octanol–water partition coefficient (Wildman–Crippen LogP) is 2.12. The van der Waals surface area contributed by atoms with Crippen molar-refractivity contribution in [3.63, 3.8) is 0 Å². The van der Waals surface area contributed by atoms with Crippen molar-refractivity contribution >= 4 is 43.5 Å². The maximum absolute atomic E-state index is 12.0. The van der Waals surface area contributed by atoms with Gasteiger partial charge >= 0.3 is 0 Å². The van der Waals surface area contributed by atoms with Gasteiger partial charge in [0, 0.05) is 15.0 Å². The molecule has 1 aromatic rings. The monoisotopic (exact) mass is 362 g/mol. The Morgan fingerprint density at radius 1 is 1.35 bits per heavy atom. The highest BCUT2D eigenvalue weighted by molar-refractivity contribution is 9.11. The largest absolute Gasteiger partial charge is 0.379 e. The molecule has 4 nitrogen and oxygen atoms in total. The van der Waals surface area contributed by atoms with Gasteiger partial charge in [-0.05, 0) is 44.0 Å². The van der Waals surface area contributed by atoms with Gasteiger partial charge in [-0.15, -0.1) is 0 Å². The lowest BCUT2D eigenvalue weighted by Gasteiger charge is -2.15. The smallest absolute Gasteiger partial charge is 0.231 e. The van der Waals surface area contributed by atoms with Crippen LogP contribution in [-0.4, -0.2) is 25.2 Å². The zero-order valence-corrected chi connectivity index (χ0v) is 12.1. The number of carbonyl (C=O) groups excluding carboxylic acids is 1. The molecule has 92 valence electrons. The molecule has 2 unspecified atom stereocenters. The normalized spacial score (nSPS) is 23.7. The molecule has 1 amide bonds. The summed E-state index contributed by atoms with van der Waals surface area (Å²) in [6.45, 7) is 0.824. The number of anilines is 1. The second-order valence-corrected chi connectivity index (χ2v) is 5.60. The average molecular weight is 364 g/mol. The second-order valence-electron chi connectivity index (χ2n) is 3.89. The highest BCUT2D eigenvalue weighted by Crippen LogP contribution is 2.31. The Bertz CT molecular complexity index is 419. The lowest BCUT2D eigenvalue weighted by atomic mass is 10.0. The molecule has 0 spiro atoms. The summed E-state index contributed by atoms with van der Waals surface area (Å²) in [6, 6.07) is 5.39. The molecule has 3 N–H and O–H groups in total. The van der Waals surface area contributed by atoms with Crippen LogP contribution in [0.3, 0.4) is 0 Å². The molecule has 0 bridgehead atoms. The number of benzene rings is 1. The van der Waals surface area contributed by atoms with Crippen LogP contribution in [-0.2, 0) is 9.53 Å². The highest BCUT2D eigenvalue weighted by atomic mass is 79.9. The number of amides is 1. The first-order valence-electron chi connectivity index (χ1n) is 5.18. The maximum Gasteiger partial charge on any atom is 0.231 e. The van der Waals surface area contributed by atoms with Crippen LogP contribution in [0.5, 0.6) is 0 Å². The molecule has 1 saturated heterocycles. The van der Waals surface area contributed by atoms with Crippen LogP contribution >= 0.6 is 31.9 Å². The van der Waals surface area contributed by atoms with Crippen molar-refractivity contribution in [2.75, 3.05) is 18.5 Å². The summed E-state index contributed by atoms with van der Waals surface area (Å²) in [5.41, 5.74) is 6.52. The average Bonchev–Trinajstić information content (AvgIpc) is 2.70. The molecule has 0 aliphatic carbocycles. The molecular formula is C11H12Br2N2O2. The van der Waals surface area contributed by atoms with Gasteiger partial charge < -0.3 is 15.8 Å². The molecule has 2 rings (SSSR count). The maximum atomic E-state index is 12.0. The number of hydrogen-bond acceptors (Lipinski definition) is 3. The van der Waals surface area contributed by atoms with Gasteiger partial charge in [-0.1, -0.05) is 6.07 Å². The third-order valence-electron chi connectivity index (χ3n) is 2.67. The molecule has 17 heavy (non-hydrogen) atoms. The lowest BCUT2D eigenvalue weighted by molar-refractivity contribution is -0.120. The third-order valence-corrected chi connectivity index (χ3v) is 3.99. The van der Waals surface area contributed by atoms with Gasteiger partial charge in [0.1, 0.15) is 0 Å². The molecule has 2 atom stereocenters. The molecule has 1 aromatic carbocycles. The summed E-state index contributed by atoms with van der Waals surface area (Å²) in [5, 5.41) is 2.86. The third kappa shape index (κ3) is 2.88. The van der Waals surface area contributed by atoms with E-state index in [1.165, 1.54) is 0 Å². The van der Waals surface area contributed by atoms with E-state index >= 15 is 0 Å². The van der Waals surface area contributed by atoms with Crippen molar-refractivity contribution in [3.8, 4) is 0 Å². The summed E-state index contributed by atoms with van der Waals surface area (Å²) in [6.07, 6.45) is 0. The first-order chi connectivity index (χ1) is 8.09. The van der Waals surface area contributed by atoms with Gasteiger partial charge in [0.2, 0.25) is 5.91 Å². The number of nitrogens with one attached hydrogen (secondary N) is 1. The van der Waals surface area contributed by atoms with Gasteiger partial charge in [0.15, 0.2) is 0 Å². The fraction of sp³-hybridized carbons (Fsp3) is 0.364. The summed E-state index contributed by atoms with van der Waals surface area (Å²) in [7, 11) is 0. The zero-order chi connectivity index (χ0) is 12.4. The Labute approximate surface area is 116 Å². The van der Waals surface area contributed by atoms with Crippen LogP contribution in [0.1, 0.15) is 0 Å². The van der Waals surface area contributed by atoms with Gasteiger partial charge in [-0.25, -0.2) is 0 Å². The van der Waals surface area contributed by atoms with Gasteiger partial charge in [0.05, 0.1) is 24.8 Å². The number of para-hydroxylation sites is 1. The lowest BCUT2D eigenvalue weighted by Crippen LogP contribution is -2.37. The van der Waals surface area contributed by atoms with E-state index in [4.69, 9.17) is 10.5 Å². The van der Waals surface area contributed by atoms with Crippen molar-refractivity contribution < 1.29 is 9.53 Å². The first kappa shape index (κ1) is 13.0. The van der Waals surface area contributed by atoms with Crippen molar-refractivity contribution in [1.29, 1.82) is 0 Å². The fourth-order valence-electron chi connectivity index (χ4n) is 1.67. The summed E-state index contributed by atoms with van der Waals surface area (Å²) < 4.78 is 6.83. The van der Waals surface area contributed by atoms with Crippen molar-refractivity contribution in [2.24, 2.45) is 11.7 Å². The first-order valence-corrected chi connectivity index (χ1v) is 6.76. The Balaban J connectivity index is 2.13. The molecule has 1 aliphatic heterocycles. The van der Waals surface area contributed by atoms with Crippen molar-refractivity contribution in [3.05, 3.63) is 27.1 Å². The van der Waals surface area contributed by atoms with Crippen LogP contribution < -0.4 is 11.1 Å². The van der Waals surface area contributed by atoms with E-state index in [9.17, 15) is 4.79 Å². The molecule has 1 fully saturated rings. The quantitative estimate of drug-likeness (QED) is 0.845. The number of ether oxygens (including phenoxy) is 1. The van der Waals surface area contributed by atoms with Gasteiger partial charge in [-0.2, -0.15) is 0 Å². The molecule has 1 heterocycles. The van der Waals surface area contributed by atoms with Gasteiger partial charge in [-0.3, -0.25) is 4.79 Å². The Morgan fingerprint density at radius 3 is 2.53 bits per heavy atom. The number of halogens is 2. The number of carbonyl (C=O) groups is 1. The van der Waals surface area contributed by atoms with Crippen LogP contribution in [0.2, 0.25) is 0 Å². The highest BCUT2D eigenvalue weighted by Gasteiger charge is 2.31. The second kappa shape index (κ2) is 5.48. The number of hydrogen-bond donors (Lipinski definition) is 2. The van der Waals surface area contributed by atoms with E-state index < -0.39 is 0 Å². The Morgan fingerprint density at radius 2 is 2.00 bits per heavy atom. The van der Waals surface area contributed by atoms with Crippen LogP contribution in [0, 0.1) is 5.92 Å². The van der Waals surface area contributed by atoms with E-state index in [-0.39, 0.29) is 17.9 Å². The molecule has 0 aromatic heterocycles.